The Bertz CT molecular complexity index is 1040. The number of nitrogens with zero attached hydrogens (tertiary/aromatic N) is 3. The van der Waals surface area contributed by atoms with Gasteiger partial charge >= 0.3 is 0 Å². The summed E-state index contributed by atoms with van der Waals surface area (Å²) in [5, 5.41) is 0. The van der Waals surface area contributed by atoms with Crippen LogP contribution in [0.15, 0.2) is 54.7 Å². The molecule has 0 radical (unpaired) electrons. The fourth-order valence-electron chi connectivity index (χ4n) is 4.12. The molecule has 3 heterocycles. The maximum atomic E-state index is 12.0. The van der Waals surface area contributed by atoms with Crippen LogP contribution in [0.4, 0.5) is 0 Å². The Hall–Kier alpha value is -4.14. The van der Waals surface area contributed by atoms with E-state index in [-0.39, 0.29) is 55.1 Å². The number of benzene rings is 1. The molecule has 9 nitrogen and oxygen atoms in total. The van der Waals surface area contributed by atoms with Crippen molar-refractivity contribution in [1.29, 1.82) is 0 Å². The third-order valence-corrected chi connectivity index (χ3v) is 5.87. The van der Waals surface area contributed by atoms with Crippen molar-refractivity contribution in [2.75, 3.05) is 19.6 Å². The number of amides is 6. The lowest BCUT2D eigenvalue weighted by atomic mass is 9.93. The predicted molar refractivity (Wildman–Crippen MR) is 115 cm³/mol. The zero-order valence-electron chi connectivity index (χ0n) is 17.7. The van der Waals surface area contributed by atoms with Gasteiger partial charge < -0.3 is 0 Å². The molecule has 0 aliphatic carbocycles. The maximum absolute atomic E-state index is 12.0. The van der Waals surface area contributed by atoms with Gasteiger partial charge in [0.05, 0.1) is 0 Å². The lowest BCUT2D eigenvalue weighted by Gasteiger charge is -2.21. The highest BCUT2D eigenvalue weighted by atomic mass is 16.2. The van der Waals surface area contributed by atoms with Gasteiger partial charge in [-0.25, -0.2) is 0 Å². The van der Waals surface area contributed by atoms with E-state index in [1.54, 1.807) is 0 Å². The van der Waals surface area contributed by atoms with Gasteiger partial charge in [-0.15, -0.1) is 0 Å². The quantitative estimate of drug-likeness (QED) is 0.496. The molecule has 0 saturated heterocycles. The third-order valence-electron chi connectivity index (χ3n) is 5.87. The average Bonchev–Trinajstić information content (AvgIpc) is 3.41. The molecule has 33 heavy (non-hydrogen) atoms. The summed E-state index contributed by atoms with van der Waals surface area (Å²) in [5.41, 5.74) is 2.60. The normalized spacial score (nSPS) is 17.6. The van der Waals surface area contributed by atoms with Crippen molar-refractivity contribution in [3.05, 3.63) is 71.3 Å². The van der Waals surface area contributed by atoms with Crippen LogP contribution in [0.5, 0.6) is 0 Å². The Balaban J connectivity index is 1.53. The topological polar surface area (TPSA) is 112 Å². The molecule has 0 saturated carbocycles. The Morgan fingerprint density at radius 3 is 1.09 bits per heavy atom. The first-order valence-corrected chi connectivity index (χ1v) is 10.6. The highest BCUT2D eigenvalue weighted by Crippen LogP contribution is 2.21. The van der Waals surface area contributed by atoms with Crippen LogP contribution in [0.25, 0.3) is 0 Å². The monoisotopic (exact) mass is 447 g/mol. The largest absolute Gasteiger partial charge is 0.275 e. The van der Waals surface area contributed by atoms with E-state index in [1.165, 1.54) is 36.5 Å². The highest BCUT2D eigenvalue weighted by molar-refractivity contribution is 6.14. The third kappa shape index (κ3) is 4.57. The van der Waals surface area contributed by atoms with Crippen LogP contribution in [0, 0.1) is 0 Å². The highest BCUT2D eigenvalue weighted by Gasteiger charge is 2.26. The van der Waals surface area contributed by atoms with Gasteiger partial charge in [-0.2, -0.15) is 0 Å². The molecule has 4 rings (SSSR count). The van der Waals surface area contributed by atoms with Gasteiger partial charge in [-0.1, -0.05) is 18.2 Å². The van der Waals surface area contributed by atoms with E-state index in [9.17, 15) is 28.8 Å². The van der Waals surface area contributed by atoms with Gasteiger partial charge in [0.15, 0.2) is 0 Å². The number of hydrogen-bond acceptors (Lipinski definition) is 6. The predicted octanol–water partition coefficient (Wildman–Crippen LogP) is 0.0891. The van der Waals surface area contributed by atoms with Crippen molar-refractivity contribution in [2.24, 2.45) is 0 Å². The Kier molecular flexibility index (Phi) is 6.12. The van der Waals surface area contributed by atoms with Crippen LogP contribution < -0.4 is 0 Å². The van der Waals surface area contributed by atoms with Crippen molar-refractivity contribution in [3.8, 4) is 0 Å². The minimum Gasteiger partial charge on any atom is -0.275 e. The molecule has 0 atom stereocenters. The van der Waals surface area contributed by atoms with Gasteiger partial charge in [0.2, 0.25) is 0 Å². The number of imide groups is 3. The minimum absolute atomic E-state index is 0.168. The molecule has 0 spiro atoms. The second-order valence-electron chi connectivity index (χ2n) is 7.79. The molecule has 3 aliphatic rings. The van der Waals surface area contributed by atoms with Crippen molar-refractivity contribution in [3.63, 3.8) is 0 Å². The van der Waals surface area contributed by atoms with Crippen molar-refractivity contribution in [2.45, 2.75) is 19.3 Å². The molecule has 0 bridgehead atoms. The van der Waals surface area contributed by atoms with Crippen molar-refractivity contribution >= 4 is 35.4 Å². The van der Waals surface area contributed by atoms with Crippen LogP contribution in [0.1, 0.15) is 16.7 Å². The molecular weight excluding hydrogens is 426 g/mol. The second kappa shape index (κ2) is 9.15. The van der Waals surface area contributed by atoms with Gasteiger partial charge in [0.1, 0.15) is 0 Å². The Morgan fingerprint density at radius 1 is 0.455 bits per heavy atom. The summed E-state index contributed by atoms with van der Waals surface area (Å²) < 4.78 is 0. The van der Waals surface area contributed by atoms with E-state index < -0.39 is 0 Å². The summed E-state index contributed by atoms with van der Waals surface area (Å²) in [6.45, 7) is 0.551. The molecule has 1 aromatic carbocycles. The van der Waals surface area contributed by atoms with E-state index in [1.807, 2.05) is 18.2 Å². The van der Waals surface area contributed by atoms with Crippen LogP contribution >= 0.6 is 0 Å². The van der Waals surface area contributed by atoms with E-state index in [4.69, 9.17) is 0 Å². The van der Waals surface area contributed by atoms with E-state index in [2.05, 4.69) is 0 Å². The van der Waals surface area contributed by atoms with Gasteiger partial charge in [-0.3, -0.25) is 43.5 Å². The first-order valence-electron chi connectivity index (χ1n) is 10.6. The SMILES string of the molecule is O=C1C=CC(=O)N1CCc1cccc(CCN2C(=O)C=CC2=O)c1CCN1C(=O)C=CC1=O. The number of hydrogen-bond donors (Lipinski definition) is 0. The molecule has 0 unspecified atom stereocenters. The summed E-state index contributed by atoms with van der Waals surface area (Å²) in [5.74, 6) is -2.22. The van der Waals surface area contributed by atoms with E-state index in [0.717, 1.165) is 31.4 Å². The molecule has 0 aromatic heterocycles. The maximum Gasteiger partial charge on any atom is 0.253 e. The fraction of sp³-hybridized carbons (Fsp3) is 0.250. The molecule has 9 heteroatoms. The first kappa shape index (κ1) is 22.1. The van der Waals surface area contributed by atoms with Crippen molar-refractivity contribution < 1.29 is 28.8 Å². The van der Waals surface area contributed by atoms with E-state index in [0.29, 0.717) is 19.3 Å². The van der Waals surface area contributed by atoms with E-state index >= 15 is 0 Å². The molecule has 0 N–H and O–H groups in total. The van der Waals surface area contributed by atoms with Crippen LogP contribution in [-0.4, -0.2) is 69.8 Å². The average molecular weight is 447 g/mol. The molecule has 6 amide bonds. The van der Waals surface area contributed by atoms with Gasteiger partial charge in [0.25, 0.3) is 35.4 Å². The summed E-state index contributed by atoms with van der Waals surface area (Å²) in [6, 6.07) is 5.58. The number of carbonyl (C=O) groups excluding carboxylic acids is 6. The fourth-order valence-corrected chi connectivity index (χ4v) is 4.12. The second-order valence-corrected chi connectivity index (χ2v) is 7.79. The molecule has 3 aliphatic heterocycles. The van der Waals surface area contributed by atoms with Crippen molar-refractivity contribution in [1.82, 2.24) is 14.7 Å². The summed E-state index contributed by atoms with van der Waals surface area (Å²) >= 11 is 0. The zero-order chi connectivity index (χ0) is 23.5. The smallest absolute Gasteiger partial charge is 0.253 e. The molecular formula is C24H21N3O6. The summed E-state index contributed by atoms with van der Waals surface area (Å²) in [4.78, 5) is 75.0. The Labute approximate surface area is 189 Å². The lowest BCUT2D eigenvalue weighted by Crippen LogP contribution is -2.34. The number of rotatable bonds is 9. The number of carbonyl (C=O) groups is 6. The minimum atomic E-state index is -0.377. The summed E-state index contributed by atoms with van der Waals surface area (Å²) in [7, 11) is 0. The molecule has 1 aromatic rings. The molecule has 168 valence electrons. The molecule has 0 fully saturated rings. The van der Waals surface area contributed by atoms with Crippen LogP contribution in [0.2, 0.25) is 0 Å². The summed E-state index contributed by atoms with van der Waals surface area (Å²) in [6.07, 6.45) is 8.53. The lowest BCUT2D eigenvalue weighted by molar-refractivity contribution is -0.138. The standard InChI is InChI=1S/C24H21N3O6/c28-19-4-5-20(29)25(19)13-10-16-2-1-3-17(11-14-26-21(30)6-7-22(26)31)18(16)12-15-27-23(32)8-9-24(27)33/h1-9H,10-15H2. The van der Waals surface area contributed by atoms with Crippen LogP contribution in [0.3, 0.4) is 0 Å². The Morgan fingerprint density at radius 2 is 0.758 bits per heavy atom. The zero-order valence-corrected chi connectivity index (χ0v) is 17.7. The van der Waals surface area contributed by atoms with Gasteiger partial charge in [-0.05, 0) is 36.0 Å². The van der Waals surface area contributed by atoms with Gasteiger partial charge in [0, 0.05) is 56.1 Å². The van der Waals surface area contributed by atoms with Crippen LogP contribution in [-0.2, 0) is 48.0 Å². The first-order chi connectivity index (χ1) is 15.8.